The van der Waals surface area contributed by atoms with Crippen LogP contribution in [-0.4, -0.2) is 10.9 Å². The number of aryl methyl sites for hydroxylation is 2. The van der Waals surface area contributed by atoms with E-state index in [9.17, 15) is 4.79 Å². The minimum atomic E-state index is -0.587. The zero-order chi connectivity index (χ0) is 10.7. The van der Waals surface area contributed by atoms with E-state index in [1.165, 1.54) is 17.7 Å². The van der Waals surface area contributed by atoms with E-state index in [-0.39, 0.29) is 0 Å². The molecule has 0 radical (unpaired) electrons. The Morgan fingerprint density at radius 1 is 1.47 bits per heavy atom. The predicted octanol–water partition coefficient (Wildman–Crippen LogP) is 0.601. The molecule has 0 aliphatic heterocycles. The summed E-state index contributed by atoms with van der Waals surface area (Å²) >= 11 is 0. The first kappa shape index (κ1) is 9.72. The van der Waals surface area contributed by atoms with Crippen LogP contribution in [0.15, 0.2) is 12.1 Å². The first-order valence-electron chi connectivity index (χ1n) is 5.01. The van der Waals surface area contributed by atoms with Gasteiger partial charge in [-0.15, -0.1) is 0 Å². The number of primary amides is 1. The van der Waals surface area contributed by atoms with Gasteiger partial charge in [0.25, 0.3) is 5.91 Å². The maximum Gasteiger partial charge on any atom is 0.293 e. The van der Waals surface area contributed by atoms with E-state index in [1.807, 2.05) is 6.07 Å². The van der Waals surface area contributed by atoms with Crippen LogP contribution in [0.25, 0.3) is 0 Å². The molecule has 0 aromatic carbocycles. The Kier molecular flexibility index (Phi) is 2.68. The smallest absolute Gasteiger partial charge is 0.293 e. The second-order valence-electron chi connectivity index (χ2n) is 3.60. The first-order chi connectivity index (χ1) is 7.25. The third kappa shape index (κ3) is 2.35. The van der Waals surface area contributed by atoms with E-state index in [1.54, 1.807) is 0 Å². The molecule has 1 aromatic heterocycles. The zero-order valence-corrected chi connectivity index (χ0v) is 8.42. The van der Waals surface area contributed by atoms with Crippen LogP contribution in [0, 0.1) is 11.8 Å². The van der Waals surface area contributed by atoms with Gasteiger partial charge in [-0.3, -0.25) is 9.78 Å². The second kappa shape index (κ2) is 4.14. The maximum absolute atomic E-state index is 10.4. The average Bonchev–Trinajstić information content (AvgIpc) is 2.64. The van der Waals surface area contributed by atoms with E-state index in [2.05, 4.69) is 22.9 Å². The quantitative estimate of drug-likeness (QED) is 0.675. The van der Waals surface area contributed by atoms with E-state index in [4.69, 9.17) is 5.73 Å². The highest BCUT2D eigenvalue weighted by Crippen LogP contribution is 2.19. The summed E-state index contributed by atoms with van der Waals surface area (Å²) < 4.78 is 0. The Morgan fingerprint density at radius 3 is 3.13 bits per heavy atom. The number of amides is 1. The molecule has 1 aliphatic carbocycles. The van der Waals surface area contributed by atoms with Crippen LogP contribution in [-0.2, 0) is 24.1 Å². The minimum absolute atomic E-state index is 0.496. The molecule has 2 rings (SSSR count). The number of hydrogen-bond acceptors (Lipinski definition) is 2. The summed E-state index contributed by atoms with van der Waals surface area (Å²) in [4.78, 5) is 14.9. The van der Waals surface area contributed by atoms with Crippen LogP contribution >= 0.6 is 0 Å². The largest absolute Gasteiger partial charge is 0.359 e. The van der Waals surface area contributed by atoms with E-state index in [0.717, 1.165) is 18.5 Å². The van der Waals surface area contributed by atoms with Crippen molar-refractivity contribution < 1.29 is 4.79 Å². The van der Waals surface area contributed by atoms with E-state index >= 15 is 0 Å². The highest BCUT2D eigenvalue weighted by atomic mass is 16.1. The molecular weight excluding hydrogens is 188 g/mol. The Hall–Kier alpha value is -1.82. The third-order valence-corrected chi connectivity index (χ3v) is 2.47. The van der Waals surface area contributed by atoms with Crippen LogP contribution in [0.5, 0.6) is 0 Å². The van der Waals surface area contributed by atoms with Crippen molar-refractivity contribution in [3.8, 4) is 11.8 Å². The first-order valence-corrected chi connectivity index (χ1v) is 5.01. The highest BCUT2D eigenvalue weighted by molar-refractivity contribution is 5.91. The Balaban J connectivity index is 2.11. The van der Waals surface area contributed by atoms with Gasteiger partial charge in [-0.05, 0) is 36.8 Å². The van der Waals surface area contributed by atoms with Crippen LogP contribution in [0.1, 0.15) is 23.4 Å². The van der Waals surface area contributed by atoms with Crippen LogP contribution < -0.4 is 5.73 Å². The molecule has 0 atom stereocenters. The molecule has 0 saturated carbocycles. The summed E-state index contributed by atoms with van der Waals surface area (Å²) in [5.74, 6) is 4.43. The molecule has 1 amide bonds. The van der Waals surface area contributed by atoms with Gasteiger partial charge in [0, 0.05) is 5.69 Å². The predicted molar refractivity (Wildman–Crippen MR) is 56.9 cm³/mol. The van der Waals surface area contributed by atoms with Crippen molar-refractivity contribution in [1.29, 1.82) is 0 Å². The fourth-order valence-corrected chi connectivity index (χ4v) is 1.79. The van der Waals surface area contributed by atoms with Gasteiger partial charge in [-0.1, -0.05) is 12.0 Å². The van der Waals surface area contributed by atoms with E-state index < -0.39 is 5.91 Å². The normalized spacial score (nSPS) is 12.8. The van der Waals surface area contributed by atoms with Crippen molar-refractivity contribution in [2.75, 3.05) is 0 Å². The molecule has 1 heterocycles. The highest BCUT2D eigenvalue weighted by Gasteiger charge is 2.11. The van der Waals surface area contributed by atoms with Crippen molar-refractivity contribution in [3.05, 3.63) is 29.1 Å². The summed E-state index contributed by atoms with van der Waals surface area (Å²) in [5.41, 5.74) is 8.37. The Labute approximate surface area is 88.7 Å². The van der Waals surface area contributed by atoms with Gasteiger partial charge in [0.15, 0.2) is 0 Å². The Morgan fingerprint density at radius 2 is 2.33 bits per heavy atom. The second-order valence-corrected chi connectivity index (χ2v) is 3.60. The number of pyridine rings is 1. The molecule has 3 heteroatoms. The molecule has 76 valence electrons. The summed E-state index contributed by atoms with van der Waals surface area (Å²) in [6, 6.07) is 4.08. The fraction of sp³-hybridized carbons (Fsp3) is 0.333. The van der Waals surface area contributed by atoms with Crippen molar-refractivity contribution in [1.82, 2.24) is 4.98 Å². The molecule has 15 heavy (non-hydrogen) atoms. The van der Waals surface area contributed by atoms with Crippen LogP contribution in [0.2, 0.25) is 0 Å². The van der Waals surface area contributed by atoms with Crippen molar-refractivity contribution >= 4 is 5.91 Å². The lowest BCUT2D eigenvalue weighted by Crippen LogP contribution is -2.06. The zero-order valence-electron chi connectivity index (χ0n) is 8.42. The fourth-order valence-electron chi connectivity index (χ4n) is 1.79. The summed E-state index contributed by atoms with van der Waals surface area (Å²) in [6.45, 7) is 0. The maximum atomic E-state index is 10.4. The van der Waals surface area contributed by atoms with Crippen molar-refractivity contribution in [3.63, 3.8) is 0 Å². The number of carbonyl (C=O) groups is 1. The van der Waals surface area contributed by atoms with E-state index in [0.29, 0.717) is 6.42 Å². The molecule has 0 saturated heterocycles. The number of hydrogen-bond donors (Lipinski definition) is 1. The lowest BCUT2D eigenvalue weighted by molar-refractivity contribution is -0.112. The molecule has 2 N–H and O–H groups in total. The van der Waals surface area contributed by atoms with Crippen molar-refractivity contribution in [2.24, 2.45) is 5.73 Å². The van der Waals surface area contributed by atoms with Gasteiger partial charge in [0.1, 0.15) is 0 Å². The summed E-state index contributed by atoms with van der Waals surface area (Å²) in [5, 5.41) is 0. The van der Waals surface area contributed by atoms with Crippen molar-refractivity contribution in [2.45, 2.75) is 25.7 Å². The SMILES string of the molecule is NC(=O)C#CCc1ccc2c(n1)CCC2. The summed E-state index contributed by atoms with van der Waals surface area (Å²) in [6.07, 6.45) is 3.89. The number of fused-ring (bicyclic) bond motifs is 1. The molecule has 1 aromatic rings. The number of rotatable bonds is 1. The van der Waals surface area contributed by atoms with Crippen LogP contribution in [0.4, 0.5) is 0 Å². The van der Waals surface area contributed by atoms with Gasteiger partial charge in [0.05, 0.1) is 12.1 Å². The lowest BCUT2D eigenvalue weighted by atomic mass is 10.2. The van der Waals surface area contributed by atoms with Gasteiger partial charge in [0.2, 0.25) is 0 Å². The number of aromatic nitrogens is 1. The number of carbonyl (C=O) groups excluding carboxylic acids is 1. The Bertz CT molecular complexity index is 454. The molecule has 0 unspecified atom stereocenters. The molecule has 3 nitrogen and oxygen atoms in total. The van der Waals surface area contributed by atoms with Gasteiger partial charge in [-0.2, -0.15) is 0 Å². The molecule has 0 fully saturated rings. The van der Waals surface area contributed by atoms with Gasteiger partial charge < -0.3 is 5.73 Å². The number of nitrogens with two attached hydrogens (primary N) is 1. The molecule has 1 aliphatic rings. The third-order valence-electron chi connectivity index (χ3n) is 2.47. The van der Waals surface area contributed by atoms with Gasteiger partial charge >= 0.3 is 0 Å². The monoisotopic (exact) mass is 200 g/mol. The standard InChI is InChI=1S/C12H12N2O/c13-12(15)6-2-4-10-8-7-9-3-1-5-11(9)14-10/h7-8H,1,3-5H2,(H2,13,15). The summed E-state index contributed by atoms with van der Waals surface area (Å²) in [7, 11) is 0. The molecule has 0 bridgehead atoms. The minimum Gasteiger partial charge on any atom is -0.359 e. The average molecular weight is 200 g/mol. The number of nitrogens with zero attached hydrogens (tertiary/aromatic N) is 1. The van der Waals surface area contributed by atoms with Crippen LogP contribution in [0.3, 0.4) is 0 Å². The topological polar surface area (TPSA) is 56.0 Å². The molecule has 0 spiro atoms. The molecular formula is C12H12N2O. The lowest BCUT2D eigenvalue weighted by Gasteiger charge is -1.99. The van der Waals surface area contributed by atoms with Gasteiger partial charge in [-0.25, -0.2) is 0 Å².